The van der Waals surface area contributed by atoms with Crippen molar-refractivity contribution in [3.05, 3.63) is 83.8 Å². The number of carboxylic acid groups (broad SMARTS) is 1. The number of rotatable bonds is 8. The average Bonchev–Trinajstić information content (AvgIpc) is 3.56. The van der Waals surface area contributed by atoms with E-state index in [-0.39, 0.29) is 5.69 Å². The molecular formula is C26H27N5O3S. The number of hydrogen-bond acceptors (Lipinski definition) is 6. The van der Waals surface area contributed by atoms with Crippen molar-refractivity contribution < 1.29 is 14.6 Å². The van der Waals surface area contributed by atoms with Crippen LogP contribution in [0.1, 0.15) is 53.2 Å². The van der Waals surface area contributed by atoms with E-state index in [1.165, 1.54) is 5.56 Å². The molecule has 2 heterocycles. The molecule has 9 heteroatoms. The minimum Gasteiger partial charge on any atom is -0.497 e. The van der Waals surface area contributed by atoms with E-state index in [1.807, 2.05) is 41.2 Å². The van der Waals surface area contributed by atoms with Gasteiger partial charge in [0.2, 0.25) is 5.69 Å². The Bertz CT molecular complexity index is 1260. The van der Waals surface area contributed by atoms with E-state index in [0.29, 0.717) is 22.7 Å². The minimum absolute atomic E-state index is 0.0276. The van der Waals surface area contributed by atoms with Gasteiger partial charge in [0, 0.05) is 17.6 Å². The summed E-state index contributed by atoms with van der Waals surface area (Å²) in [5, 5.41) is 23.0. The first-order valence-electron chi connectivity index (χ1n) is 11.7. The van der Waals surface area contributed by atoms with E-state index in [2.05, 4.69) is 39.7 Å². The molecule has 0 aliphatic heterocycles. The molecule has 0 amide bonds. The summed E-state index contributed by atoms with van der Waals surface area (Å²) in [6.45, 7) is 0.463. The van der Waals surface area contributed by atoms with Crippen LogP contribution < -0.4 is 4.74 Å². The van der Waals surface area contributed by atoms with E-state index < -0.39 is 5.97 Å². The molecule has 0 spiro atoms. The molecule has 0 radical (unpaired) electrons. The van der Waals surface area contributed by atoms with Crippen molar-refractivity contribution in [2.75, 3.05) is 7.11 Å². The summed E-state index contributed by atoms with van der Waals surface area (Å²) in [7, 11) is 1.63. The van der Waals surface area contributed by atoms with Crippen LogP contribution in [0.2, 0.25) is 0 Å². The molecule has 180 valence electrons. The predicted octanol–water partition coefficient (Wildman–Crippen LogP) is 5.04. The molecule has 1 saturated carbocycles. The SMILES string of the molecule is COc1ccc(Cn2nnc(C(=O)O)c2S[C@H]2CC[C@H](c3ccc(-n4cccn4)cc3)CC2)cc1. The molecule has 0 saturated heterocycles. The van der Waals surface area contributed by atoms with Gasteiger partial charge in [-0.1, -0.05) is 29.5 Å². The zero-order valence-electron chi connectivity index (χ0n) is 19.4. The van der Waals surface area contributed by atoms with Crippen molar-refractivity contribution in [2.45, 2.75) is 48.4 Å². The lowest BCUT2D eigenvalue weighted by Crippen LogP contribution is -2.17. The van der Waals surface area contributed by atoms with Gasteiger partial charge >= 0.3 is 5.97 Å². The van der Waals surface area contributed by atoms with E-state index in [0.717, 1.165) is 42.7 Å². The van der Waals surface area contributed by atoms with Crippen LogP contribution in [0.3, 0.4) is 0 Å². The number of hydrogen-bond donors (Lipinski definition) is 1. The van der Waals surface area contributed by atoms with Crippen LogP contribution >= 0.6 is 11.8 Å². The fraction of sp³-hybridized carbons (Fsp3) is 0.308. The second-order valence-corrected chi connectivity index (χ2v) is 9.98. The van der Waals surface area contributed by atoms with E-state index in [1.54, 1.807) is 29.8 Å². The Morgan fingerprint density at radius 1 is 1.09 bits per heavy atom. The maximum atomic E-state index is 11.8. The summed E-state index contributed by atoms with van der Waals surface area (Å²) in [5.41, 5.74) is 3.44. The summed E-state index contributed by atoms with van der Waals surface area (Å²) in [6.07, 6.45) is 7.90. The zero-order chi connectivity index (χ0) is 24.2. The standard InChI is InChI=1S/C26H27N5O3S/c1-34-22-11-3-18(4-12-22)17-31-25(24(26(32)33)28-29-31)35-23-13-7-20(8-14-23)19-5-9-21(10-6-19)30-16-2-15-27-30/h2-6,9-12,15-16,20,23H,7-8,13-14,17H2,1H3,(H,32,33)/t20-,23-. The van der Waals surface area contributed by atoms with E-state index in [4.69, 9.17) is 4.74 Å². The molecule has 0 unspecified atom stereocenters. The summed E-state index contributed by atoms with van der Waals surface area (Å²) < 4.78 is 8.79. The molecule has 5 rings (SSSR count). The van der Waals surface area contributed by atoms with Gasteiger partial charge in [0.05, 0.1) is 19.3 Å². The molecule has 0 bridgehead atoms. The van der Waals surface area contributed by atoms with Gasteiger partial charge in [-0.25, -0.2) is 14.2 Å². The van der Waals surface area contributed by atoms with Gasteiger partial charge in [-0.3, -0.25) is 0 Å². The van der Waals surface area contributed by atoms with Crippen molar-refractivity contribution in [3.8, 4) is 11.4 Å². The maximum absolute atomic E-state index is 11.8. The van der Waals surface area contributed by atoms with Crippen LogP contribution in [0.4, 0.5) is 0 Å². The highest BCUT2D eigenvalue weighted by Gasteiger charge is 2.27. The Hall–Kier alpha value is -3.59. The van der Waals surface area contributed by atoms with Crippen LogP contribution in [-0.4, -0.2) is 48.2 Å². The average molecular weight is 490 g/mol. The third-order valence-corrected chi connectivity index (χ3v) is 7.90. The largest absolute Gasteiger partial charge is 0.497 e. The molecular weight excluding hydrogens is 462 g/mol. The number of nitrogens with zero attached hydrogens (tertiary/aromatic N) is 5. The summed E-state index contributed by atoms with van der Waals surface area (Å²) in [6, 6.07) is 18.2. The molecule has 1 fully saturated rings. The Labute approximate surface area is 207 Å². The highest BCUT2D eigenvalue weighted by atomic mass is 32.2. The first-order chi connectivity index (χ1) is 17.1. The number of aromatic nitrogens is 5. The van der Waals surface area contributed by atoms with Crippen molar-refractivity contribution in [3.63, 3.8) is 0 Å². The van der Waals surface area contributed by atoms with Gasteiger partial charge in [0.15, 0.2) is 0 Å². The number of methoxy groups -OCH3 is 1. The van der Waals surface area contributed by atoms with E-state index in [9.17, 15) is 9.90 Å². The number of ether oxygens (including phenoxy) is 1. The smallest absolute Gasteiger partial charge is 0.359 e. The highest BCUT2D eigenvalue weighted by molar-refractivity contribution is 7.99. The first kappa shape index (κ1) is 23.2. The number of carboxylic acids is 1. The third kappa shape index (κ3) is 5.24. The molecule has 4 aromatic rings. The fourth-order valence-corrected chi connectivity index (χ4v) is 5.84. The van der Waals surface area contributed by atoms with Crippen molar-refractivity contribution in [1.29, 1.82) is 0 Å². The molecule has 1 N–H and O–H groups in total. The zero-order valence-corrected chi connectivity index (χ0v) is 20.3. The Balaban J connectivity index is 1.24. The lowest BCUT2D eigenvalue weighted by molar-refractivity contribution is 0.0686. The highest BCUT2D eigenvalue weighted by Crippen LogP contribution is 2.40. The van der Waals surface area contributed by atoms with Gasteiger partial charge in [0.25, 0.3) is 0 Å². The molecule has 1 aliphatic carbocycles. The van der Waals surface area contributed by atoms with Gasteiger partial charge in [-0.15, -0.1) is 16.9 Å². The summed E-state index contributed by atoms with van der Waals surface area (Å²) >= 11 is 1.60. The van der Waals surface area contributed by atoms with Crippen molar-refractivity contribution in [2.24, 2.45) is 0 Å². The number of thioether (sulfide) groups is 1. The van der Waals surface area contributed by atoms with Gasteiger partial charge in [-0.2, -0.15) is 5.10 Å². The summed E-state index contributed by atoms with van der Waals surface area (Å²) in [5.74, 6) is 0.250. The van der Waals surface area contributed by atoms with Crippen LogP contribution in [0, 0.1) is 0 Å². The fourth-order valence-electron chi connectivity index (χ4n) is 4.56. The van der Waals surface area contributed by atoms with Crippen LogP contribution in [0.5, 0.6) is 5.75 Å². The van der Waals surface area contributed by atoms with Gasteiger partial charge in [0.1, 0.15) is 10.8 Å². The second-order valence-electron chi connectivity index (χ2n) is 8.69. The minimum atomic E-state index is -1.04. The number of benzene rings is 2. The third-order valence-electron chi connectivity index (χ3n) is 6.47. The van der Waals surface area contributed by atoms with Crippen molar-refractivity contribution in [1.82, 2.24) is 24.8 Å². The lowest BCUT2D eigenvalue weighted by atomic mass is 9.84. The Morgan fingerprint density at radius 3 is 2.46 bits per heavy atom. The predicted molar refractivity (Wildman–Crippen MR) is 133 cm³/mol. The van der Waals surface area contributed by atoms with Gasteiger partial charge in [-0.05, 0) is 73.1 Å². The maximum Gasteiger partial charge on any atom is 0.359 e. The van der Waals surface area contributed by atoms with Gasteiger partial charge < -0.3 is 9.84 Å². The quantitative estimate of drug-likeness (QED) is 0.371. The molecule has 2 aromatic carbocycles. The molecule has 8 nitrogen and oxygen atoms in total. The first-order valence-corrected chi connectivity index (χ1v) is 12.5. The van der Waals surface area contributed by atoms with Crippen LogP contribution in [0.25, 0.3) is 5.69 Å². The van der Waals surface area contributed by atoms with Crippen LogP contribution in [-0.2, 0) is 6.54 Å². The monoisotopic (exact) mass is 489 g/mol. The number of aromatic carboxylic acids is 1. The van der Waals surface area contributed by atoms with Crippen LogP contribution in [0.15, 0.2) is 72.0 Å². The topological polar surface area (TPSA) is 95.1 Å². The Morgan fingerprint density at radius 2 is 1.83 bits per heavy atom. The number of carbonyl (C=O) groups is 1. The Kier molecular flexibility index (Phi) is 6.85. The van der Waals surface area contributed by atoms with Crippen molar-refractivity contribution >= 4 is 17.7 Å². The molecule has 1 aliphatic rings. The molecule has 2 aromatic heterocycles. The second kappa shape index (κ2) is 10.4. The molecule has 0 atom stereocenters. The normalized spacial score (nSPS) is 17.9. The van der Waals surface area contributed by atoms with E-state index >= 15 is 0 Å². The molecule has 35 heavy (non-hydrogen) atoms. The summed E-state index contributed by atoms with van der Waals surface area (Å²) in [4.78, 5) is 11.8. The lowest BCUT2D eigenvalue weighted by Gasteiger charge is -2.28.